The molecule has 1 amide bonds. The van der Waals surface area contributed by atoms with Crippen LogP contribution in [0.4, 0.5) is 5.69 Å². The molecule has 2 aliphatic heterocycles. The van der Waals surface area contributed by atoms with Crippen molar-refractivity contribution in [2.75, 3.05) is 36.0 Å². The van der Waals surface area contributed by atoms with Gasteiger partial charge >= 0.3 is 11.9 Å². The zero-order valence-electron chi connectivity index (χ0n) is 17.6. The quantitative estimate of drug-likeness (QED) is 0.418. The van der Waals surface area contributed by atoms with Crippen LogP contribution in [-0.4, -0.2) is 64.7 Å². The SMILES string of the molecule is NC1([C@@H](CSCCC2CCNCC2)C(=O)O)CCc2ccccc2N(CC(=O)O)C1=O. The number of carboxylic acid groups (broad SMARTS) is 2. The van der Waals surface area contributed by atoms with Gasteiger partial charge in [-0.1, -0.05) is 18.2 Å². The summed E-state index contributed by atoms with van der Waals surface area (Å²) in [5.74, 6) is -2.33. The van der Waals surface area contributed by atoms with E-state index in [-0.39, 0.29) is 12.2 Å². The van der Waals surface area contributed by atoms with Crippen LogP contribution in [0.1, 0.15) is 31.2 Å². The zero-order valence-corrected chi connectivity index (χ0v) is 18.4. The number of amides is 1. The summed E-state index contributed by atoms with van der Waals surface area (Å²) in [6.07, 6.45) is 3.85. The van der Waals surface area contributed by atoms with Gasteiger partial charge in [0, 0.05) is 11.4 Å². The van der Waals surface area contributed by atoms with Gasteiger partial charge in [0.25, 0.3) is 0 Å². The highest BCUT2D eigenvalue weighted by atomic mass is 32.2. The van der Waals surface area contributed by atoms with Crippen molar-refractivity contribution in [1.82, 2.24) is 5.32 Å². The maximum atomic E-state index is 13.4. The van der Waals surface area contributed by atoms with E-state index in [0.29, 0.717) is 18.0 Å². The maximum absolute atomic E-state index is 13.4. The van der Waals surface area contributed by atoms with Crippen LogP contribution in [0.3, 0.4) is 0 Å². The molecule has 0 bridgehead atoms. The van der Waals surface area contributed by atoms with E-state index in [1.807, 2.05) is 12.1 Å². The van der Waals surface area contributed by atoms with Crippen molar-refractivity contribution in [1.29, 1.82) is 0 Å². The number of nitrogens with one attached hydrogen (secondary N) is 1. The molecule has 0 radical (unpaired) electrons. The summed E-state index contributed by atoms with van der Waals surface area (Å²) < 4.78 is 0. The van der Waals surface area contributed by atoms with E-state index in [1.54, 1.807) is 12.1 Å². The molecule has 5 N–H and O–H groups in total. The Morgan fingerprint density at radius 1 is 1.26 bits per heavy atom. The number of hydrogen-bond acceptors (Lipinski definition) is 6. The maximum Gasteiger partial charge on any atom is 0.323 e. The Morgan fingerprint density at radius 2 is 1.97 bits per heavy atom. The van der Waals surface area contributed by atoms with Crippen molar-refractivity contribution in [3.63, 3.8) is 0 Å². The number of nitrogens with zero attached hydrogens (tertiary/aromatic N) is 1. The number of piperidine rings is 1. The summed E-state index contributed by atoms with van der Waals surface area (Å²) in [7, 11) is 0. The van der Waals surface area contributed by atoms with E-state index in [9.17, 15) is 24.6 Å². The molecule has 2 aliphatic rings. The molecular formula is C22H31N3O5S. The smallest absolute Gasteiger partial charge is 0.323 e. The van der Waals surface area contributed by atoms with Crippen LogP contribution in [0.15, 0.2) is 24.3 Å². The molecule has 2 atom stereocenters. The second kappa shape index (κ2) is 10.5. The number of nitrogens with two attached hydrogens (primary N) is 1. The minimum atomic E-state index is -1.66. The van der Waals surface area contributed by atoms with Crippen molar-refractivity contribution in [2.24, 2.45) is 17.6 Å². The fourth-order valence-corrected chi connectivity index (χ4v) is 5.81. The normalized spacial score (nSPS) is 23.1. The van der Waals surface area contributed by atoms with Gasteiger partial charge < -0.3 is 21.3 Å². The molecule has 9 heteroatoms. The van der Waals surface area contributed by atoms with E-state index >= 15 is 0 Å². The number of carbonyl (C=O) groups is 3. The van der Waals surface area contributed by atoms with Gasteiger partial charge in [-0.3, -0.25) is 19.3 Å². The number of rotatable bonds is 9. The fraction of sp³-hybridized carbons (Fsp3) is 0.591. The number of benzene rings is 1. The van der Waals surface area contributed by atoms with Gasteiger partial charge in [0.05, 0.1) is 5.92 Å². The number of aliphatic carboxylic acids is 2. The lowest BCUT2D eigenvalue weighted by atomic mass is 9.80. The molecule has 8 nitrogen and oxygen atoms in total. The molecule has 1 aromatic carbocycles. The van der Waals surface area contributed by atoms with E-state index in [4.69, 9.17) is 5.73 Å². The third-order valence-electron chi connectivity index (χ3n) is 6.36. The number of fused-ring (bicyclic) bond motifs is 1. The van der Waals surface area contributed by atoms with E-state index < -0.39 is 35.8 Å². The third-order valence-corrected chi connectivity index (χ3v) is 7.45. The average molecular weight is 450 g/mol. The number of thioether (sulfide) groups is 1. The first-order chi connectivity index (χ1) is 14.8. The Bertz CT molecular complexity index is 814. The Balaban J connectivity index is 1.75. The van der Waals surface area contributed by atoms with Crippen molar-refractivity contribution >= 4 is 35.3 Å². The third kappa shape index (κ3) is 5.58. The van der Waals surface area contributed by atoms with Crippen LogP contribution in [0.5, 0.6) is 0 Å². The van der Waals surface area contributed by atoms with Crippen molar-refractivity contribution in [3.8, 4) is 0 Å². The van der Waals surface area contributed by atoms with E-state index in [1.165, 1.54) is 11.8 Å². The largest absolute Gasteiger partial charge is 0.481 e. The lowest BCUT2D eigenvalue weighted by Crippen LogP contribution is -2.62. The van der Waals surface area contributed by atoms with Crippen LogP contribution in [0.25, 0.3) is 0 Å². The summed E-state index contributed by atoms with van der Waals surface area (Å²) in [5, 5.41) is 22.6. The molecule has 0 aromatic heterocycles. The number of aryl methyl sites for hydroxylation is 1. The molecule has 1 fully saturated rings. The van der Waals surface area contributed by atoms with E-state index in [0.717, 1.165) is 48.6 Å². The van der Waals surface area contributed by atoms with Gasteiger partial charge in [-0.15, -0.1) is 0 Å². The molecule has 0 aliphatic carbocycles. The van der Waals surface area contributed by atoms with Gasteiger partial charge in [0.1, 0.15) is 12.1 Å². The summed E-state index contributed by atoms with van der Waals surface area (Å²) in [4.78, 5) is 38.2. The monoisotopic (exact) mass is 449 g/mol. The first-order valence-corrected chi connectivity index (χ1v) is 11.9. The molecule has 0 saturated carbocycles. The molecule has 1 unspecified atom stereocenters. The molecule has 1 saturated heterocycles. The first kappa shape index (κ1) is 23.6. The van der Waals surface area contributed by atoms with Crippen LogP contribution in [-0.2, 0) is 20.8 Å². The number of carbonyl (C=O) groups excluding carboxylic acids is 1. The standard InChI is InChI=1S/C22H31N3O5S/c23-22(17(20(28)29)14-31-12-8-15-6-10-24-11-7-15)9-5-16-3-1-2-4-18(16)25(21(22)30)13-19(26)27/h1-4,15,17,24H,5-14,23H2,(H,26,27)(H,28,29)/t17-,22?/m0/s1. The minimum Gasteiger partial charge on any atom is -0.481 e. The van der Waals surface area contributed by atoms with Gasteiger partial charge in [0.15, 0.2) is 0 Å². The molecule has 170 valence electrons. The summed E-state index contributed by atoms with van der Waals surface area (Å²) in [5.41, 5.74) is 6.16. The highest BCUT2D eigenvalue weighted by Crippen LogP contribution is 2.35. The molecule has 1 aromatic rings. The highest BCUT2D eigenvalue weighted by molar-refractivity contribution is 7.99. The Labute approximate surface area is 186 Å². The minimum absolute atomic E-state index is 0.158. The number of hydrogen-bond donors (Lipinski definition) is 4. The Kier molecular flexibility index (Phi) is 7.96. The summed E-state index contributed by atoms with van der Waals surface area (Å²) in [6, 6.07) is 7.06. The lowest BCUT2D eigenvalue weighted by Gasteiger charge is -2.35. The van der Waals surface area contributed by atoms with Crippen LogP contribution < -0.4 is 16.0 Å². The number of anilines is 1. The predicted octanol–water partition coefficient (Wildman–Crippen LogP) is 1.57. The molecule has 2 heterocycles. The highest BCUT2D eigenvalue weighted by Gasteiger charge is 2.50. The van der Waals surface area contributed by atoms with Gasteiger partial charge in [-0.05, 0) is 68.5 Å². The number of carboxylic acids is 2. The molecular weight excluding hydrogens is 418 g/mol. The van der Waals surface area contributed by atoms with Crippen molar-refractivity contribution in [2.45, 2.75) is 37.6 Å². The summed E-state index contributed by atoms with van der Waals surface area (Å²) in [6.45, 7) is 1.49. The first-order valence-electron chi connectivity index (χ1n) is 10.7. The van der Waals surface area contributed by atoms with Crippen LogP contribution >= 0.6 is 11.8 Å². The zero-order chi connectivity index (χ0) is 22.4. The second-order valence-electron chi connectivity index (χ2n) is 8.40. The van der Waals surface area contributed by atoms with Crippen molar-refractivity contribution in [3.05, 3.63) is 29.8 Å². The number of para-hydroxylation sites is 1. The van der Waals surface area contributed by atoms with Crippen LogP contribution in [0.2, 0.25) is 0 Å². The predicted molar refractivity (Wildman–Crippen MR) is 120 cm³/mol. The van der Waals surface area contributed by atoms with Crippen molar-refractivity contribution < 1.29 is 24.6 Å². The topological polar surface area (TPSA) is 133 Å². The Hall–Kier alpha value is -2.10. The second-order valence-corrected chi connectivity index (χ2v) is 9.55. The lowest BCUT2D eigenvalue weighted by molar-refractivity contribution is -0.147. The Morgan fingerprint density at radius 3 is 2.65 bits per heavy atom. The molecule has 31 heavy (non-hydrogen) atoms. The van der Waals surface area contributed by atoms with Gasteiger partial charge in [-0.2, -0.15) is 11.8 Å². The van der Waals surface area contributed by atoms with Crippen LogP contribution in [0, 0.1) is 11.8 Å². The average Bonchev–Trinajstić information content (AvgIpc) is 2.85. The molecule has 0 spiro atoms. The fourth-order valence-electron chi connectivity index (χ4n) is 4.47. The van der Waals surface area contributed by atoms with Gasteiger partial charge in [0.2, 0.25) is 5.91 Å². The van der Waals surface area contributed by atoms with Gasteiger partial charge in [-0.25, -0.2) is 0 Å². The molecule has 3 rings (SSSR count). The van der Waals surface area contributed by atoms with E-state index in [2.05, 4.69) is 5.32 Å². The summed E-state index contributed by atoms with van der Waals surface area (Å²) >= 11 is 1.52.